The van der Waals surface area contributed by atoms with Gasteiger partial charge in [-0.25, -0.2) is 18.7 Å². The Morgan fingerprint density at radius 1 is 1.08 bits per heavy atom. The summed E-state index contributed by atoms with van der Waals surface area (Å²) in [7, 11) is 0. The highest BCUT2D eigenvalue weighted by Gasteiger charge is 2.10. The smallest absolute Gasteiger partial charge is 0.234 e. The summed E-state index contributed by atoms with van der Waals surface area (Å²) in [5, 5.41) is 3.14. The SMILES string of the molecule is Cc1cc(SCC(=O)Nc2ccccc2F)nc(-c2ccc(F)cc2)n1. The zero-order chi connectivity index (χ0) is 18.5. The molecule has 7 heteroatoms. The third-order valence-electron chi connectivity index (χ3n) is 3.43. The van der Waals surface area contributed by atoms with E-state index in [4.69, 9.17) is 0 Å². The van der Waals surface area contributed by atoms with Gasteiger partial charge in [0.15, 0.2) is 5.82 Å². The van der Waals surface area contributed by atoms with Crippen LogP contribution in [0.5, 0.6) is 0 Å². The molecular formula is C19H15F2N3OS. The molecule has 0 atom stereocenters. The highest BCUT2D eigenvalue weighted by Crippen LogP contribution is 2.22. The molecule has 0 radical (unpaired) electrons. The van der Waals surface area contributed by atoms with E-state index in [9.17, 15) is 13.6 Å². The number of carbonyl (C=O) groups is 1. The highest BCUT2D eigenvalue weighted by atomic mass is 32.2. The second kappa shape index (κ2) is 8.05. The van der Waals surface area contributed by atoms with Crippen LogP contribution < -0.4 is 5.32 Å². The van der Waals surface area contributed by atoms with Crippen molar-refractivity contribution in [3.05, 3.63) is 71.9 Å². The molecule has 0 bridgehead atoms. The van der Waals surface area contributed by atoms with Crippen molar-refractivity contribution < 1.29 is 13.6 Å². The van der Waals surface area contributed by atoms with Crippen LogP contribution in [0.3, 0.4) is 0 Å². The molecule has 3 aromatic rings. The molecule has 2 aromatic carbocycles. The normalized spacial score (nSPS) is 10.6. The van der Waals surface area contributed by atoms with E-state index in [0.29, 0.717) is 16.4 Å². The van der Waals surface area contributed by atoms with E-state index in [1.54, 1.807) is 30.3 Å². The molecular weight excluding hydrogens is 356 g/mol. The van der Waals surface area contributed by atoms with Gasteiger partial charge < -0.3 is 5.32 Å². The summed E-state index contributed by atoms with van der Waals surface area (Å²) in [5.41, 5.74) is 1.56. The lowest BCUT2D eigenvalue weighted by Crippen LogP contribution is -2.15. The van der Waals surface area contributed by atoms with Gasteiger partial charge >= 0.3 is 0 Å². The number of amides is 1. The van der Waals surface area contributed by atoms with Crippen molar-refractivity contribution in [3.63, 3.8) is 0 Å². The van der Waals surface area contributed by atoms with Crippen LogP contribution in [-0.4, -0.2) is 21.6 Å². The molecule has 0 aliphatic carbocycles. The van der Waals surface area contributed by atoms with E-state index in [0.717, 1.165) is 5.69 Å². The van der Waals surface area contributed by atoms with Crippen molar-refractivity contribution in [2.24, 2.45) is 0 Å². The lowest BCUT2D eigenvalue weighted by atomic mass is 10.2. The van der Waals surface area contributed by atoms with Gasteiger partial charge in [0, 0.05) is 11.3 Å². The molecule has 0 saturated carbocycles. The first kappa shape index (κ1) is 18.0. The molecule has 3 rings (SSSR count). The van der Waals surface area contributed by atoms with Gasteiger partial charge in [-0.3, -0.25) is 4.79 Å². The van der Waals surface area contributed by atoms with Crippen molar-refractivity contribution in [3.8, 4) is 11.4 Å². The molecule has 0 saturated heterocycles. The standard InChI is InChI=1S/C19H15F2N3OS/c1-12-10-18(24-19(22-12)13-6-8-14(20)9-7-13)26-11-17(25)23-16-5-3-2-4-15(16)21/h2-10H,11H2,1H3,(H,23,25). The lowest BCUT2D eigenvalue weighted by Gasteiger charge is -2.07. The average Bonchev–Trinajstić information content (AvgIpc) is 2.62. The van der Waals surface area contributed by atoms with Crippen LogP contribution in [0, 0.1) is 18.6 Å². The van der Waals surface area contributed by atoms with Crippen LogP contribution in [0.15, 0.2) is 59.6 Å². The van der Waals surface area contributed by atoms with Gasteiger partial charge in [0.2, 0.25) is 5.91 Å². The Kier molecular flexibility index (Phi) is 5.58. The number of carbonyl (C=O) groups excluding carboxylic acids is 1. The monoisotopic (exact) mass is 371 g/mol. The Bertz CT molecular complexity index is 932. The van der Waals surface area contributed by atoms with Gasteiger partial charge in [-0.15, -0.1) is 0 Å². The van der Waals surface area contributed by atoms with Crippen LogP contribution in [0.25, 0.3) is 11.4 Å². The maximum Gasteiger partial charge on any atom is 0.234 e. The van der Waals surface area contributed by atoms with Gasteiger partial charge in [0.05, 0.1) is 11.4 Å². The Labute approximate surface area is 153 Å². The fourth-order valence-electron chi connectivity index (χ4n) is 2.23. The third kappa shape index (κ3) is 4.64. The van der Waals surface area contributed by atoms with Crippen LogP contribution in [0.4, 0.5) is 14.5 Å². The maximum absolute atomic E-state index is 13.6. The number of hydrogen-bond donors (Lipinski definition) is 1. The molecule has 0 spiro atoms. The molecule has 1 heterocycles. The fraction of sp³-hybridized carbons (Fsp3) is 0.105. The van der Waals surface area contributed by atoms with Crippen LogP contribution in [0.2, 0.25) is 0 Å². The van der Waals surface area contributed by atoms with Crippen molar-refractivity contribution in [2.75, 3.05) is 11.1 Å². The minimum absolute atomic E-state index is 0.0770. The molecule has 26 heavy (non-hydrogen) atoms. The molecule has 0 fully saturated rings. The number of aryl methyl sites for hydroxylation is 1. The molecule has 1 aromatic heterocycles. The largest absolute Gasteiger partial charge is 0.323 e. The number of aromatic nitrogens is 2. The first-order valence-corrected chi connectivity index (χ1v) is 8.78. The minimum atomic E-state index is -0.484. The number of halogens is 2. The van der Waals surface area contributed by atoms with Gasteiger partial charge in [-0.05, 0) is 49.4 Å². The van der Waals surface area contributed by atoms with E-state index in [2.05, 4.69) is 15.3 Å². The van der Waals surface area contributed by atoms with Crippen molar-refractivity contribution in [1.29, 1.82) is 0 Å². The zero-order valence-corrected chi connectivity index (χ0v) is 14.7. The Morgan fingerprint density at radius 3 is 2.54 bits per heavy atom. The summed E-state index contributed by atoms with van der Waals surface area (Å²) < 4.78 is 26.6. The number of para-hydroxylation sites is 1. The number of nitrogens with zero attached hydrogens (tertiary/aromatic N) is 2. The first-order valence-electron chi connectivity index (χ1n) is 7.80. The third-order valence-corrected chi connectivity index (χ3v) is 4.34. The summed E-state index contributed by atoms with van der Waals surface area (Å²) >= 11 is 1.22. The van der Waals surface area contributed by atoms with Gasteiger partial charge in [-0.1, -0.05) is 23.9 Å². The van der Waals surface area contributed by atoms with Crippen molar-refractivity contribution >= 4 is 23.4 Å². The number of rotatable bonds is 5. The predicted molar refractivity (Wildman–Crippen MR) is 97.9 cm³/mol. The van der Waals surface area contributed by atoms with E-state index in [1.807, 2.05) is 6.92 Å². The van der Waals surface area contributed by atoms with Gasteiger partial charge in [0.25, 0.3) is 0 Å². The van der Waals surface area contributed by atoms with E-state index >= 15 is 0 Å². The molecule has 0 aliphatic rings. The quantitative estimate of drug-likeness (QED) is 0.531. The zero-order valence-electron chi connectivity index (χ0n) is 13.9. The van der Waals surface area contributed by atoms with Crippen molar-refractivity contribution in [1.82, 2.24) is 9.97 Å². The fourth-order valence-corrected chi connectivity index (χ4v) is 2.99. The van der Waals surface area contributed by atoms with Crippen LogP contribution in [-0.2, 0) is 4.79 Å². The molecule has 4 nitrogen and oxygen atoms in total. The second-order valence-corrected chi connectivity index (χ2v) is 6.49. The highest BCUT2D eigenvalue weighted by molar-refractivity contribution is 7.99. The minimum Gasteiger partial charge on any atom is -0.323 e. The predicted octanol–water partition coefficient (Wildman–Crippen LogP) is 4.46. The maximum atomic E-state index is 13.6. The van der Waals surface area contributed by atoms with E-state index in [1.165, 1.54) is 36.0 Å². The van der Waals surface area contributed by atoms with E-state index in [-0.39, 0.29) is 23.2 Å². The summed E-state index contributed by atoms with van der Waals surface area (Å²) in [4.78, 5) is 20.8. The number of nitrogens with one attached hydrogen (secondary N) is 1. The molecule has 0 aliphatic heterocycles. The van der Waals surface area contributed by atoms with Gasteiger partial charge in [0.1, 0.15) is 16.7 Å². The average molecular weight is 371 g/mol. The topological polar surface area (TPSA) is 54.9 Å². The van der Waals surface area contributed by atoms with Crippen LogP contribution in [0.1, 0.15) is 5.69 Å². The summed E-state index contributed by atoms with van der Waals surface area (Å²) in [6.07, 6.45) is 0. The first-order chi connectivity index (χ1) is 12.5. The summed E-state index contributed by atoms with van der Waals surface area (Å²) in [5.74, 6) is -0.613. The molecule has 0 unspecified atom stereocenters. The Hall–Kier alpha value is -2.80. The number of thioether (sulfide) groups is 1. The number of anilines is 1. The lowest BCUT2D eigenvalue weighted by molar-refractivity contribution is -0.113. The molecule has 1 amide bonds. The molecule has 132 valence electrons. The Morgan fingerprint density at radius 2 is 1.81 bits per heavy atom. The number of hydrogen-bond acceptors (Lipinski definition) is 4. The second-order valence-electron chi connectivity index (χ2n) is 5.49. The van der Waals surface area contributed by atoms with E-state index < -0.39 is 5.82 Å². The molecule has 1 N–H and O–H groups in total. The Balaban J connectivity index is 1.69. The number of benzene rings is 2. The van der Waals surface area contributed by atoms with Gasteiger partial charge in [-0.2, -0.15) is 0 Å². The van der Waals surface area contributed by atoms with Crippen LogP contribution >= 0.6 is 11.8 Å². The van der Waals surface area contributed by atoms with Crippen molar-refractivity contribution in [2.45, 2.75) is 11.9 Å². The summed E-state index contributed by atoms with van der Waals surface area (Å²) in [6, 6.07) is 13.6. The summed E-state index contributed by atoms with van der Waals surface area (Å²) in [6.45, 7) is 1.82.